The third kappa shape index (κ3) is 4.49. The van der Waals surface area contributed by atoms with Crippen molar-refractivity contribution in [3.05, 3.63) is 53.5 Å². The smallest absolute Gasteiger partial charge is 0.246 e. The summed E-state index contributed by atoms with van der Waals surface area (Å²) in [6.45, 7) is 9.96. The second-order valence-electron chi connectivity index (χ2n) is 8.56. The van der Waals surface area contributed by atoms with Gasteiger partial charge < -0.3 is 4.52 Å². The second kappa shape index (κ2) is 8.35. The Kier molecular flexibility index (Phi) is 6.19. The lowest BCUT2D eigenvalue weighted by atomic mass is 10.1. The van der Waals surface area contributed by atoms with Crippen LogP contribution < -0.4 is 0 Å². The highest BCUT2D eigenvalue weighted by Crippen LogP contribution is 2.27. The highest BCUT2D eigenvalue weighted by molar-refractivity contribution is 7.89. The Morgan fingerprint density at radius 2 is 1.80 bits per heavy atom. The molecule has 2 aromatic heterocycles. The molecule has 0 saturated heterocycles. The van der Waals surface area contributed by atoms with Crippen LogP contribution in [0.1, 0.15) is 44.3 Å². The van der Waals surface area contributed by atoms with Crippen LogP contribution in [0.15, 0.2) is 45.8 Å². The summed E-state index contributed by atoms with van der Waals surface area (Å²) in [5.74, 6) is 0.743. The van der Waals surface area contributed by atoms with Gasteiger partial charge in [-0.05, 0) is 41.0 Å². The quantitative estimate of drug-likeness (QED) is 0.562. The Balaban J connectivity index is 1.67. The van der Waals surface area contributed by atoms with Crippen molar-refractivity contribution in [3.63, 3.8) is 0 Å². The number of nitrogens with zero attached hydrogens (tertiary/aromatic N) is 4. The van der Waals surface area contributed by atoms with E-state index >= 15 is 0 Å². The molecule has 1 aromatic carbocycles. The zero-order chi connectivity index (χ0) is 22.1. The van der Waals surface area contributed by atoms with Crippen molar-refractivity contribution in [3.8, 4) is 11.3 Å². The minimum absolute atomic E-state index is 0.288. The largest absolute Gasteiger partial charge is 0.361 e. The van der Waals surface area contributed by atoms with Crippen LogP contribution in [-0.2, 0) is 22.0 Å². The molecule has 0 fully saturated rings. The fraction of sp³-hybridized carbons (Fsp3) is 0.455. The normalized spacial score (nSPS) is 12.6. The number of rotatable bonds is 7. The van der Waals surface area contributed by atoms with Gasteiger partial charge in [-0.2, -0.15) is 5.10 Å². The van der Waals surface area contributed by atoms with Crippen LogP contribution in [0.25, 0.3) is 11.3 Å². The van der Waals surface area contributed by atoms with Crippen molar-refractivity contribution in [2.45, 2.75) is 57.9 Å². The third-order valence-corrected chi connectivity index (χ3v) is 7.16. The molecule has 3 rings (SSSR count). The van der Waals surface area contributed by atoms with Gasteiger partial charge in [0.1, 0.15) is 16.3 Å². The van der Waals surface area contributed by atoms with Crippen molar-refractivity contribution in [2.24, 2.45) is 0 Å². The van der Waals surface area contributed by atoms with Crippen LogP contribution >= 0.6 is 0 Å². The maximum absolute atomic E-state index is 13.2. The summed E-state index contributed by atoms with van der Waals surface area (Å²) in [5.41, 5.74) is 2.68. The lowest BCUT2D eigenvalue weighted by Gasteiger charge is -2.22. The fourth-order valence-electron chi connectivity index (χ4n) is 3.58. The molecule has 0 spiro atoms. The predicted octanol–water partition coefficient (Wildman–Crippen LogP) is 4.16. The van der Waals surface area contributed by atoms with Gasteiger partial charge in [-0.1, -0.05) is 35.5 Å². The Morgan fingerprint density at radius 1 is 1.13 bits per heavy atom. The van der Waals surface area contributed by atoms with Gasteiger partial charge in [0.2, 0.25) is 10.0 Å². The monoisotopic (exact) mass is 430 g/mol. The van der Waals surface area contributed by atoms with E-state index in [1.54, 1.807) is 18.7 Å². The van der Waals surface area contributed by atoms with E-state index in [1.807, 2.05) is 64.1 Å². The first-order valence-electron chi connectivity index (χ1n) is 10.1. The van der Waals surface area contributed by atoms with Gasteiger partial charge in [-0.25, -0.2) is 12.7 Å². The first-order chi connectivity index (χ1) is 14.0. The third-order valence-electron chi connectivity index (χ3n) is 5.05. The molecule has 2 heterocycles. The minimum atomic E-state index is -3.63. The molecule has 3 aromatic rings. The molecule has 162 valence electrons. The zero-order valence-electron chi connectivity index (χ0n) is 18.5. The topological polar surface area (TPSA) is 81.2 Å². The molecule has 0 saturated carbocycles. The summed E-state index contributed by atoms with van der Waals surface area (Å²) in [6, 6.07) is 11.7. The Hall–Kier alpha value is -2.45. The van der Waals surface area contributed by atoms with E-state index in [0.717, 1.165) is 17.0 Å². The Morgan fingerprint density at radius 3 is 2.40 bits per heavy atom. The van der Waals surface area contributed by atoms with Gasteiger partial charge in [0.05, 0.1) is 16.9 Å². The molecule has 7 nitrogen and oxygen atoms in total. The SMILES string of the molecule is Cc1nn(C(C)(C)C)c(C)c1S(=O)(=O)N(C)CCCc1cc(-c2ccccc2)no1. The summed E-state index contributed by atoms with van der Waals surface area (Å²) in [6.07, 6.45) is 1.24. The Labute approximate surface area is 178 Å². The van der Waals surface area contributed by atoms with E-state index in [0.29, 0.717) is 35.7 Å². The van der Waals surface area contributed by atoms with E-state index in [2.05, 4.69) is 10.3 Å². The first kappa shape index (κ1) is 22.2. The maximum Gasteiger partial charge on any atom is 0.246 e. The fourth-order valence-corrected chi connectivity index (χ4v) is 5.14. The molecule has 0 atom stereocenters. The molecule has 0 amide bonds. The van der Waals surface area contributed by atoms with Crippen molar-refractivity contribution >= 4 is 10.0 Å². The highest BCUT2D eigenvalue weighted by atomic mass is 32.2. The van der Waals surface area contributed by atoms with Gasteiger partial charge in [-0.3, -0.25) is 4.68 Å². The average Bonchev–Trinajstić information content (AvgIpc) is 3.26. The van der Waals surface area contributed by atoms with Crippen LogP contribution in [0.4, 0.5) is 0 Å². The number of aryl methyl sites for hydroxylation is 2. The lowest BCUT2D eigenvalue weighted by Crippen LogP contribution is -2.30. The van der Waals surface area contributed by atoms with E-state index < -0.39 is 10.0 Å². The van der Waals surface area contributed by atoms with Crippen LogP contribution in [0.3, 0.4) is 0 Å². The van der Waals surface area contributed by atoms with Crippen LogP contribution in [0.2, 0.25) is 0 Å². The molecule has 0 unspecified atom stereocenters. The summed E-state index contributed by atoms with van der Waals surface area (Å²) in [7, 11) is -2.02. The van der Waals surface area contributed by atoms with Gasteiger partial charge in [-0.15, -0.1) is 0 Å². The first-order valence-corrected chi connectivity index (χ1v) is 11.5. The molecule has 8 heteroatoms. The zero-order valence-corrected chi connectivity index (χ0v) is 19.3. The maximum atomic E-state index is 13.2. The summed E-state index contributed by atoms with van der Waals surface area (Å²) in [4.78, 5) is 0.297. The highest BCUT2D eigenvalue weighted by Gasteiger charge is 2.31. The van der Waals surface area contributed by atoms with E-state index in [-0.39, 0.29) is 5.54 Å². The molecular weight excluding hydrogens is 400 g/mol. The van der Waals surface area contributed by atoms with Crippen LogP contribution in [0, 0.1) is 13.8 Å². The number of benzene rings is 1. The van der Waals surface area contributed by atoms with E-state index in [1.165, 1.54) is 4.31 Å². The predicted molar refractivity (Wildman–Crippen MR) is 117 cm³/mol. The minimum Gasteiger partial charge on any atom is -0.361 e. The summed E-state index contributed by atoms with van der Waals surface area (Å²) < 4.78 is 35.0. The van der Waals surface area contributed by atoms with Crippen molar-refractivity contribution in [2.75, 3.05) is 13.6 Å². The summed E-state index contributed by atoms with van der Waals surface area (Å²) in [5, 5.41) is 8.59. The van der Waals surface area contributed by atoms with Crippen molar-refractivity contribution < 1.29 is 12.9 Å². The summed E-state index contributed by atoms with van der Waals surface area (Å²) >= 11 is 0. The molecule has 0 aliphatic rings. The molecule has 0 bridgehead atoms. The van der Waals surface area contributed by atoms with Crippen molar-refractivity contribution in [1.82, 2.24) is 19.2 Å². The molecule has 0 aliphatic heterocycles. The molecule has 0 radical (unpaired) electrons. The second-order valence-corrected chi connectivity index (χ2v) is 10.5. The van der Waals surface area contributed by atoms with Gasteiger partial charge in [0, 0.05) is 31.6 Å². The Bertz CT molecular complexity index is 1110. The van der Waals surface area contributed by atoms with Crippen molar-refractivity contribution in [1.29, 1.82) is 0 Å². The number of sulfonamides is 1. The van der Waals surface area contributed by atoms with E-state index in [4.69, 9.17) is 4.52 Å². The van der Waals surface area contributed by atoms with Gasteiger partial charge in [0.15, 0.2) is 0 Å². The molecular formula is C22H30N4O3S. The molecule has 0 aliphatic carbocycles. The van der Waals surface area contributed by atoms with Gasteiger partial charge in [0.25, 0.3) is 0 Å². The van der Waals surface area contributed by atoms with Crippen LogP contribution in [-0.4, -0.2) is 41.3 Å². The number of hydrogen-bond donors (Lipinski definition) is 0. The molecule has 30 heavy (non-hydrogen) atoms. The molecule has 0 N–H and O–H groups in total. The van der Waals surface area contributed by atoms with Gasteiger partial charge >= 0.3 is 0 Å². The standard InChI is InChI=1S/C22H30N4O3S/c1-16-21(17(2)26(23-16)22(3,4)5)30(27,28)25(6)14-10-13-19-15-20(24-29-19)18-11-8-7-9-12-18/h7-9,11-12,15H,10,13-14H2,1-6H3. The number of aromatic nitrogens is 3. The van der Waals surface area contributed by atoms with E-state index in [9.17, 15) is 8.42 Å². The van der Waals surface area contributed by atoms with Crippen LogP contribution in [0.5, 0.6) is 0 Å². The average molecular weight is 431 g/mol. The lowest BCUT2D eigenvalue weighted by molar-refractivity contribution is 0.345. The number of hydrogen-bond acceptors (Lipinski definition) is 5.